The van der Waals surface area contributed by atoms with Gasteiger partial charge in [0.15, 0.2) is 5.96 Å². The molecule has 22 heavy (non-hydrogen) atoms. The quantitative estimate of drug-likeness (QED) is 0.325. The number of likely N-dealkylation sites (tertiary alicyclic amines) is 2. The molecule has 0 saturated carbocycles. The summed E-state index contributed by atoms with van der Waals surface area (Å²) in [7, 11) is 1.90. The molecule has 0 aromatic carbocycles. The molecule has 0 aromatic heterocycles. The summed E-state index contributed by atoms with van der Waals surface area (Å²) in [6.45, 7) is 8.96. The Morgan fingerprint density at radius 3 is 2.73 bits per heavy atom. The Morgan fingerprint density at radius 1 is 1.23 bits per heavy atom. The zero-order valence-corrected chi connectivity index (χ0v) is 16.2. The second-order valence-electron chi connectivity index (χ2n) is 6.85. The molecule has 0 amide bonds. The van der Waals surface area contributed by atoms with Crippen molar-refractivity contribution in [1.29, 1.82) is 0 Å². The van der Waals surface area contributed by atoms with Crippen LogP contribution in [0.15, 0.2) is 4.99 Å². The van der Waals surface area contributed by atoms with E-state index in [4.69, 9.17) is 4.74 Å². The van der Waals surface area contributed by atoms with Crippen molar-refractivity contribution in [3.63, 3.8) is 0 Å². The Balaban J connectivity index is 0.00000176. The van der Waals surface area contributed by atoms with E-state index in [1.54, 1.807) is 0 Å². The highest BCUT2D eigenvalue weighted by Gasteiger charge is 2.42. The van der Waals surface area contributed by atoms with Crippen molar-refractivity contribution < 1.29 is 4.74 Å². The minimum atomic E-state index is 0. The first-order chi connectivity index (χ1) is 10.3. The Morgan fingerprint density at radius 2 is 2.05 bits per heavy atom. The van der Waals surface area contributed by atoms with Gasteiger partial charge in [0.2, 0.25) is 0 Å². The van der Waals surface area contributed by atoms with E-state index in [9.17, 15) is 0 Å². The molecular formula is C16H31IN4O. The summed E-state index contributed by atoms with van der Waals surface area (Å²) in [6, 6.07) is 0. The van der Waals surface area contributed by atoms with Crippen LogP contribution in [0.3, 0.4) is 0 Å². The third-order valence-corrected chi connectivity index (χ3v) is 5.27. The minimum Gasteiger partial charge on any atom is -0.381 e. The first-order valence-corrected chi connectivity index (χ1v) is 8.57. The Hall–Kier alpha value is -0.0800. The normalized spacial score (nSPS) is 29.3. The van der Waals surface area contributed by atoms with E-state index < -0.39 is 0 Å². The van der Waals surface area contributed by atoms with Crippen molar-refractivity contribution in [2.24, 2.45) is 10.4 Å². The molecule has 3 fully saturated rings. The Labute approximate surface area is 151 Å². The predicted molar refractivity (Wildman–Crippen MR) is 101 cm³/mol. The smallest absolute Gasteiger partial charge is 0.193 e. The number of nitrogens with one attached hydrogen (secondary N) is 1. The second kappa shape index (κ2) is 8.68. The van der Waals surface area contributed by atoms with E-state index in [1.807, 2.05) is 7.05 Å². The summed E-state index contributed by atoms with van der Waals surface area (Å²) < 4.78 is 5.61. The molecule has 0 aliphatic carbocycles. The SMILES string of the molecule is CN=C(NCCCN1CCCC1)N1CCC2(CCOC2)C1.I. The fraction of sp³-hybridized carbons (Fsp3) is 0.938. The average molecular weight is 422 g/mol. The lowest BCUT2D eigenvalue weighted by Gasteiger charge is -2.25. The van der Waals surface area contributed by atoms with Crippen LogP contribution in [0, 0.1) is 5.41 Å². The first-order valence-electron chi connectivity index (χ1n) is 8.57. The molecular weight excluding hydrogens is 391 g/mol. The minimum absolute atomic E-state index is 0. The van der Waals surface area contributed by atoms with Gasteiger partial charge in [-0.05, 0) is 51.7 Å². The topological polar surface area (TPSA) is 40.1 Å². The largest absolute Gasteiger partial charge is 0.381 e. The number of halogens is 1. The average Bonchev–Trinajstić information content (AvgIpc) is 3.24. The lowest BCUT2D eigenvalue weighted by molar-refractivity contribution is 0.156. The fourth-order valence-electron chi connectivity index (χ4n) is 3.93. The highest BCUT2D eigenvalue weighted by molar-refractivity contribution is 14.0. The van der Waals surface area contributed by atoms with Gasteiger partial charge >= 0.3 is 0 Å². The van der Waals surface area contributed by atoms with E-state index in [1.165, 1.54) is 51.7 Å². The number of ether oxygens (including phenoxy) is 1. The van der Waals surface area contributed by atoms with Gasteiger partial charge in [0.1, 0.15) is 0 Å². The first kappa shape index (κ1) is 18.3. The van der Waals surface area contributed by atoms with Gasteiger partial charge in [-0.2, -0.15) is 0 Å². The molecule has 1 spiro atoms. The van der Waals surface area contributed by atoms with Gasteiger partial charge in [-0.3, -0.25) is 4.99 Å². The van der Waals surface area contributed by atoms with Crippen LogP contribution in [0.2, 0.25) is 0 Å². The third-order valence-electron chi connectivity index (χ3n) is 5.27. The van der Waals surface area contributed by atoms with Crippen molar-refractivity contribution in [1.82, 2.24) is 15.1 Å². The highest BCUT2D eigenvalue weighted by atomic mass is 127. The van der Waals surface area contributed by atoms with Gasteiger partial charge in [-0.1, -0.05) is 0 Å². The lowest BCUT2D eigenvalue weighted by atomic mass is 9.87. The molecule has 1 N–H and O–H groups in total. The van der Waals surface area contributed by atoms with Gasteiger partial charge in [0.05, 0.1) is 6.61 Å². The van der Waals surface area contributed by atoms with Crippen molar-refractivity contribution in [2.75, 3.05) is 59.5 Å². The zero-order chi connectivity index (χ0) is 14.5. The van der Waals surface area contributed by atoms with E-state index in [2.05, 4.69) is 20.1 Å². The Bertz CT molecular complexity index is 365. The zero-order valence-electron chi connectivity index (χ0n) is 13.9. The van der Waals surface area contributed by atoms with Gasteiger partial charge < -0.3 is 19.9 Å². The third kappa shape index (κ3) is 4.47. The fourth-order valence-corrected chi connectivity index (χ4v) is 3.93. The van der Waals surface area contributed by atoms with Crippen molar-refractivity contribution in [2.45, 2.75) is 32.1 Å². The molecule has 3 rings (SSSR count). The molecule has 0 bridgehead atoms. The number of aliphatic imine (C=N–C) groups is 1. The summed E-state index contributed by atoms with van der Waals surface area (Å²) in [6.07, 6.45) is 6.44. The summed E-state index contributed by atoms with van der Waals surface area (Å²) >= 11 is 0. The molecule has 3 aliphatic rings. The van der Waals surface area contributed by atoms with Crippen LogP contribution < -0.4 is 5.32 Å². The maximum Gasteiger partial charge on any atom is 0.193 e. The molecule has 0 radical (unpaired) electrons. The molecule has 6 heteroatoms. The van der Waals surface area contributed by atoms with Gasteiger partial charge in [0.25, 0.3) is 0 Å². The molecule has 128 valence electrons. The maximum atomic E-state index is 5.61. The van der Waals surface area contributed by atoms with Gasteiger partial charge in [0, 0.05) is 38.7 Å². The number of nitrogens with zero attached hydrogens (tertiary/aromatic N) is 3. The van der Waals surface area contributed by atoms with Crippen molar-refractivity contribution in [3.8, 4) is 0 Å². The van der Waals surface area contributed by atoms with E-state index >= 15 is 0 Å². The van der Waals surface area contributed by atoms with Crippen LogP contribution in [0.4, 0.5) is 0 Å². The summed E-state index contributed by atoms with van der Waals surface area (Å²) in [5, 5.41) is 3.55. The number of rotatable bonds is 4. The summed E-state index contributed by atoms with van der Waals surface area (Å²) in [5.41, 5.74) is 0.410. The van der Waals surface area contributed by atoms with Crippen LogP contribution in [0.5, 0.6) is 0 Å². The van der Waals surface area contributed by atoms with Crippen LogP contribution in [-0.2, 0) is 4.74 Å². The van der Waals surface area contributed by atoms with Crippen LogP contribution in [0.1, 0.15) is 32.1 Å². The monoisotopic (exact) mass is 422 g/mol. The lowest BCUT2D eigenvalue weighted by Crippen LogP contribution is -2.42. The van der Waals surface area contributed by atoms with Gasteiger partial charge in [-0.25, -0.2) is 0 Å². The van der Waals surface area contributed by atoms with E-state index in [0.717, 1.165) is 38.8 Å². The Kier molecular flexibility index (Phi) is 7.21. The summed E-state index contributed by atoms with van der Waals surface area (Å²) in [4.78, 5) is 9.47. The number of hydrogen-bond acceptors (Lipinski definition) is 3. The van der Waals surface area contributed by atoms with Gasteiger partial charge in [-0.15, -0.1) is 24.0 Å². The standard InChI is InChI=1S/C16H30N4O.HI/c1-17-15(18-7-4-10-19-8-2-3-9-19)20-11-5-16(13-20)6-12-21-14-16;/h2-14H2,1H3,(H,17,18);1H. The van der Waals surface area contributed by atoms with Crippen LogP contribution in [-0.4, -0.2) is 75.3 Å². The number of hydrogen-bond donors (Lipinski definition) is 1. The van der Waals surface area contributed by atoms with Crippen LogP contribution >= 0.6 is 24.0 Å². The van der Waals surface area contributed by atoms with E-state index in [0.29, 0.717) is 5.41 Å². The molecule has 5 nitrogen and oxygen atoms in total. The summed E-state index contributed by atoms with van der Waals surface area (Å²) in [5.74, 6) is 1.08. The molecule has 0 aromatic rings. The predicted octanol–water partition coefficient (Wildman–Crippen LogP) is 1.78. The molecule has 1 atom stereocenters. The van der Waals surface area contributed by atoms with Crippen molar-refractivity contribution in [3.05, 3.63) is 0 Å². The molecule has 1 unspecified atom stereocenters. The second-order valence-corrected chi connectivity index (χ2v) is 6.85. The molecule has 3 saturated heterocycles. The highest BCUT2D eigenvalue weighted by Crippen LogP contribution is 2.38. The maximum absolute atomic E-state index is 5.61. The number of guanidine groups is 1. The molecule has 3 heterocycles. The van der Waals surface area contributed by atoms with Crippen molar-refractivity contribution >= 4 is 29.9 Å². The molecule has 3 aliphatic heterocycles. The van der Waals surface area contributed by atoms with E-state index in [-0.39, 0.29) is 24.0 Å². The van der Waals surface area contributed by atoms with Crippen LogP contribution in [0.25, 0.3) is 0 Å².